The minimum atomic E-state index is 0.370. The molecule has 2 aromatic rings. The Bertz CT molecular complexity index is 536. The van der Waals surface area contributed by atoms with Gasteiger partial charge in [-0.15, -0.1) is 0 Å². The van der Waals surface area contributed by atoms with Crippen molar-refractivity contribution in [1.29, 1.82) is 0 Å². The normalized spacial score (nSPS) is 14.7. The maximum absolute atomic E-state index is 5.41. The number of nitrogen functional groups attached to an aromatic ring is 1. The highest BCUT2D eigenvalue weighted by Crippen LogP contribution is 2.21. The van der Waals surface area contributed by atoms with Gasteiger partial charge in [0.25, 0.3) is 0 Å². The van der Waals surface area contributed by atoms with Crippen LogP contribution in [0.3, 0.4) is 0 Å². The minimum absolute atomic E-state index is 0.370. The van der Waals surface area contributed by atoms with E-state index in [0.717, 1.165) is 18.8 Å². The quantitative estimate of drug-likeness (QED) is 0.577. The number of hydrogen-bond acceptors (Lipinski definition) is 8. The Kier molecular flexibility index (Phi) is 3.43. The molecule has 0 aliphatic carbocycles. The van der Waals surface area contributed by atoms with Gasteiger partial charge >= 0.3 is 0 Å². The lowest BCUT2D eigenvalue weighted by Crippen LogP contribution is -2.23. The van der Waals surface area contributed by atoms with Gasteiger partial charge in [0, 0.05) is 18.5 Å². The predicted molar refractivity (Wildman–Crippen MR) is 76.7 cm³/mol. The Morgan fingerprint density at radius 1 is 1.16 bits per heavy atom. The van der Waals surface area contributed by atoms with Crippen molar-refractivity contribution in [2.24, 2.45) is 5.84 Å². The molecular formula is C11H15N7S. The third kappa shape index (κ3) is 2.74. The van der Waals surface area contributed by atoms with E-state index in [4.69, 9.17) is 5.84 Å². The van der Waals surface area contributed by atoms with Gasteiger partial charge in [0.15, 0.2) is 0 Å². The summed E-state index contributed by atoms with van der Waals surface area (Å²) in [6.45, 7) is 1.96. The van der Waals surface area contributed by atoms with Crippen molar-refractivity contribution in [3.8, 4) is 0 Å². The van der Waals surface area contributed by atoms with Gasteiger partial charge in [0.05, 0.1) is 5.69 Å². The number of anilines is 4. The summed E-state index contributed by atoms with van der Waals surface area (Å²) in [5.41, 5.74) is 3.45. The summed E-state index contributed by atoms with van der Waals surface area (Å²) in [6.07, 6.45) is 2.34. The SMILES string of the molecule is NNc1nc(Nc2ccsc2)nc(N2CCCC2)n1. The molecule has 4 N–H and O–H groups in total. The zero-order valence-electron chi connectivity index (χ0n) is 10.3. The molecule has 0 amide bonds. The maximum Gasteiger partial charge on any atom is 0.243 e. The molecule has 1 saturated heterocycles. The summed E-state index contributed by atoms with van der Waals surface area (Å²) in [5.74, 6) is 6.95. The van der Waals surface area contributed by atoms with Crippen LogP contribution in [-0.2, 0) is 0 Å². The van der Waals surface area contributed by atoms with Crippen LogP contribution in [0, 0.1) is 0 Å². The highest BCUT2D eigenvalue weighted by atomic mass is 32.1. The van der Waals surface area contributed by atoms with Crippen molar-refractivity contribution in [2.75, 3.05) is 28.7 Å². The number of hydrazine groups is 1. The fourth-order valence-electron chi connectivity index (χ4n) is 2.01. The molecule has 0 bridgehead atoms. The molecule has 0 spiro atoms. The zero-order valence-corrected chi connectivity index (χ0v) is 11.2. The Balaban J connectivity index is 1.88. The number of nitrogens with one attached hydrogen (secondary N) is 2. The molecule has 3 rings (SSSR count). The summed E-state index contributed by atoms with van der Waals surface area (Å²) < 4.78 is 0. The highest BCUT2D eigenvalue weighted by molar-refractivity contribution is 7.08. The monoisotopic (exact) mass is 277 g/mol. The Morgan fingerprint density at radius 2 is 1.95 bits per heavy atom. The Hall–Kier alpha value is -1.93. The van der Waals surface area contributed by atoms with Crippen LogP contribution in [0.15, 0.2) is 16.8 Å². The molecule has 0 aromatic carbocycles. The highest BCUT2D eigenvalue weighted by Gasteiger charge is 2.17. The smallest absolute Gasteiger partial charge is 0.243 e. The first-order chi connectivity index (χ1) is 9.35. The van der Waals surface area contributed by atoms with Crippen molar-refractivity contribution in [2.45, 2.75) is 12.8 Å². The van der Waals surface area contributed by atoms with E-state index in [1.807, 2.05) is 16.8 Å². The van der Waals surface area contributed by atoms with Crippen LogP contribution in [0.25, 0.3) is 0 Å². The number of nitrogens with two attached hydrogens (primary N) is 1. The molecule has 2 aromatic heterocycles. The summed E-state index contributed by atoms with van der Waals surface area (Å²) in [4.78, 5) is 15.1. The lowest BCUT2D eigenvalue weighted by Gasteiger charge is -2.16. The molecule has 1 fully saturated rings. The zero-order chi connectivity index (χ0) is 13.1. The first-order valence-electron chi connectivity index (χ1n) is 6.12. The van der Waals surface area contributed by atoms with Gasteiger partial charge in [0.2, 0.25) is 17.8 Å². The second-order valence-electron chi connectivity index (χ2n) is 4.26. The number of nitrogens with zero attached hydrogens (tertiary/aromatic N) is 4. The topological polar surface area (TPSA) is 92.0 Å². The first kappa shape index (κ1) is 12.1. The van der Waals surface area contributed by atoms with Crippen molar-refractivity contribution < 1.29 is 0 Å². The molecule has 8 heteroatoms. The van der Waals surface area contributed by atoms with E-state index in [1.54, 1.807) is 11.3 Å². The minimum Gasteiger partial charge on any atom is -0.341 e. The summed E-state index contributed by atoms with van der Waals surface area (Å²) in [6, 6.07) is 1.97. The fraction of sp³-hybridized carbons (Fsp3) is 0.364. The number of hydrogen-bond donors (Lipinski definition) is 3. The van der Waals surface area contributed by atoms with Gasteiger partial charge in [-0.3, -0.25) is 5.43 Å². The van der Waals surface area contributed by atoms with Crippen LogP contribution in [0.1, 0.15) is 12.8 Å². The molecule has 3 heterocycles. The largest absolute Gasteiger partial charge is 0.341 e. The van der Waals surface area contributed by atoms with E-state index in [1.165, 1.54) is 12.8 Å². The van der Waals surface area contributed by atoms with Gasteiger partial charge in [-0.05, 0) is 24.3 Å². The summed E-state index contributed by atoms with van der Waals surface area (Å²) in [5, 5.41) is 7.14. The molecule has 0 atom stereocenters. The molecule has 1 aliphatic rings. The lowest BCUT2D eigenvalue weighted by atomic mass is 10.4. The van der Waals surface area contributed by atoms with E-state index >= 15 is 0 Å². The van der Waals surface area contributed by atoms with Crippen molar-refractivity contribution in [3.63, 3.8) is 0 Å². The molecule has 0 radical (unpaired) electrons. The van der Waals surface area contributed by atoms with E-state index in [0.29, 0.717) is 17.8 Å². The third-order valence-corrected chi connectivity index (χ3v) is 3.60. The third-order valence-electron chi connectivity index (χ3n) is 2.92. The van der Waals surface area contributed by atoms with Crippen LogP contribution in [0.5, 0.6) is 0 Å². The van der Waals surface area contributed by atoms with E-state index in [2.05, 4.69) is 30.6 Å². The molecule has 100 valence electrons. The molecule has 0 saturated carbocycles. The first-order valence-corrected chi connectivity index (χ1v) is 7.06. The van der Waals surface area contributed by atoms with Gasteiger partial charge in [-0.1, -0.05) is 0 Å². The number of aromatic nitrogens is 3. The lowest BCUT2D eigenvalue weighted by molar-refractivity contribution is 0.882. The summed E-state index contributed by atoms with van der Waals surface area (Å²) >= 11 is 1.61. The number of thiophene rings is 1. The van der Waals surface area contributed by atoms with Crippen molar-refractivity contribution in [3.05, 3.63) is 16.8 Å². The second-order valence-corrected chi connectivity index (χ2v) is 5.04. The molecule has 7 nitrogen and oxygen atoms in total. The fourth-order valence-corrected chi connectivity index (χ4v) is 2.60. The average Bonchev–Trinajstić information content (AvgIpc) is 3.11. The predicted octanol–water partition coefficient (Wildman–Crippen LogP) is 1.56. The van der Waals surface area contributed by atoms with Crippen LogP contribution in [-0.4, -0.2) is 28.0 Å². The van der Waals surface area contributed by atoms with E-state index in [-0.39, 0.29) is 0 Å². The number of rotatable bonds is 4. The van der Waals surface area contributed by atoms with Crippen LogP contribution in [0.2, 0.25) is 0 Å². The van der Waals surface area contributed by atoms with Gasteiger partial charge in [-0.2, -0.15) is 26.3 Å². The van der Waals surface area contributed by atoms with Gasteiger partial charge in [-0.25, -0.2) is 5.84 Å². The van der Waals surface area contributed by atoms with Crippen LogP contribution < -0.4 is 21.5 Å². The van der Waals surface area contributed by atoms with E-state index in [9.17, 15) is 0 Å². The van der Waals surface area contributed by atoms with Crippen molar-refractivity contribution >= 4 is 34.9 Å². The maximum atomic E-state index is 5.41. The van der Waals surface area contributed by atoms with E-state index < -0.39 is 0 Å². The standard InChI is InChI=1S/C11H15N7S/c12-17-10-14-9(13-8-3-6-19-7-8)15-11(16-10)18-4-1-2-5-18/h3,6-7H,1-2,4-5,12H2,(H2,13,14,15,16,17). The van der Waals surface area contributed by atoms with Crippen molar-refractivity contribution in [1.82, 2.24) is 15.0 Å². The molecule has 1 aliphatic heterocycles. The van der Waals surface area contributed by atoms with Crippen LogP contribution >= 0.6 is 11.3 Å². The molecule has 0 unspecified atom stereocenters. The Labute approximate surface area is 114 Å². The Morgan fingerprint density at radius 3 is 2.63 bits per heavy atom. The molecular weight excluding hydrogens is 262 g/mol. The summed E-state index contributed by atoms with van der Waals surface area (Å²) in [7, 11) is 0. The second kappa shape index (κ2) is 5.37. The van der Waals surface area contributed by atoms with Crippen LogP contribution in [0.4, 0.5) is 23.5 Å². The van der Waals surface area contributed by atoms with Gasteiger partial charge < -0.3 is 10.2 Å². The average molecular weight is 277 g/mol. The molecule has 19 heavy (non-hydrogen) atoms. The van der Waals surface area contributed by atoms with Gasteiger partial charge in [0.1, 0.15) is 0 Å².